The molecule has 0 aromatic heterocycles. The van der Waals surface area contributed by atoms with Crippen LogP contribution < -0.4 is 48.5 Å². The van der Waals surface area contributed by atoms with Crippen LogP contribution in [0, 0.1) is 11.8 Å². The van der Waals surface area contributed by atoms with E-state index >= 15 is 0 Å². The number of likely N-dealkylation sites (tertiary alicyclic amines) is 1. The summed E-state index contributed by atoms with van der Waals surface area (Å²) >= 11 is 0. The quantitative estimate of drug-likeness (QED) is 0.0455. The molecule has 1 heterocycles. The highest BCUT2D eigenvalue weighted by atomic mass is 16.5. The number of hydrogen-bond donors (Lipinski definition) is 10. The minimum Gasteiger partial charge on any atom is -0.481 e. The van der Waals surface area contributed by atoms with Gasteiger partial charge in [-0.25, -0.2) is 0 Å². The van der Waals surface area contributed by atoms with Crippen molar-refractivity contribution < 1.29 is 67.7 Å². The largest absolute Gasteiger partial charge is 0.481 e. The van der Waals surface area contributed by atoms with Crippen molar-refractivity contribution in [2.24, 2.45) is 29.0 Å². The zero-order valence-corrected chi connectivity index (χ0v) is 43.3. The van der Waals surface area contributed by atoms with Crippen LogP contribution in [0.5, 0.6) is 11.5 Å². The molecule has 412 valence electrons. The molecule has 0 aliphatic carbocycles. The van der Waals surface area contributed by atoms with E-state index in [1.54, 1.807) is 41.3 Å². The number of ether oxygens (including phenoxy) is 1. The van der Waals surface area contributed by atoms with Gasteiger partial charge in [0.2, 0.25) is 47.3 Å². The van der Waals surface area contributed by atoms with Crippen LogP contribution in [0.15, 0.2) is 48.5 Å². The third-order valence-corrected chi connectivity index (χ3v) is 12.6. The van der Waals surface area contributed by atoms with E-state index in [0.29, 0.717) is 54.9 Å². The molecular weight excluding hydrogens is 977 g/mol. The lowest BCUT2D eigenvalue weighted by Gasteiger charge is -2.38. The van der Waals surface area contributed by atoms with Gasteiger partial charge in [-0.3, -0.25) is 52.7 Å². The number of amides is 9. The van der Waals surface area contributed by atoms with Gasteiger partial charge in [-0.1, -0.05) is 34.1 Å². The molecule has 3 rings (SSSR count). The molecule has 0 spiro atoms. The normalized spacial score (nSPS) is 15.5. The number of carboxylic acid groups (broad SMARTS) is 2. The fourth-order valence-corrected chi connectivity index (χ4v) is 8.48. The van der Waals surface area contributed by atoms with Gasteiger partial charge in [0.15, 0.2) is 0 Å². The van der Waals surface area contributed by atoms with E-state index in [1.165, 1.54) is 24.1 Å². The highest BCUT2D eigenvalue weighted by Crippen LogP contribution is 2.26. The summed E-state index contributed by atoms with van der Waals surface area (Å²) in [5.74, 6) is -8.72. The van der Waals surface area contributed by atoms with Gasteiger partial charge >= 0.3 is 11.9 Å². The molecule has 1 aliphatic heterocycles. The molecule has 0 radical (unpaired) electrons. The van der Waals surface area contributed by atoms with Gasteiger partial charge < -0.3 is 68.5 Å². The van der Waals surface area contributed by atoms with Gasteiger partial charge in [0.05, 0.1) is 6.42 Å². The minimum absolute atomic E-state index is 0.0282. The Hall–Kier alpha value is -7.63. The number of carboxylic acids is 2. The maximum atomic E-state index is 14.3. The van der Waals surface area contributed by atoms with Crippen LogP contribution in [0.1, 0.15) is 125 Å². The first-order valence-corrected chi connectivity index (χ1v) is 25.1. The number of nitrogens with two attached hydrogens (primary N) is 3. The zero-order valence-electron chi connectivity index (χ0n) is 43.3. The first kappa shape index (κ1) is 61.7. The number of carbonyl (C=O) groups excluding carboxylic acids is 9. The van der Waals surface area contributed by atoms with Crippen molar-refractivity contribution in [3.8, 4) is 11.5 Å². The number of likely N-dealkylation sites (N-methyl/N-ethyl adjacent to an activating group) is 1. The zero-order chi connectivity index (χ0) is 55.9. The van der Waals surface area contributed by atoms with Crippen molar-refractivity contribution in [2.75, 3.05) is 26.7 Å². The Morgan fingerprint density at radius 1 is 0.733 bits per heavy atom. The summed E-state index contributed by atoms with van der Waals surface area (Å²) < 4.78 is 5.73. The molecule has 24 nitrogen and oxygen atoms in total. The standard InChI is InChI=1S/C51H74N10O14/c1-6-30(4)44(51(74)61-25-9-10-33(61)27-40(53)62)60(5)50(73)39(26-29(2)3)59-48(71)37(22-23-52)57-49(72)38(28-43(66)67)58-47(70)36(20-21-42(64)65)56-41(63)11-7-8-24-55-46(69)32-14-18-35(19-15-32)75-34-16-12-31(13-17-34)45(54)68/h12-19,29-30,33,36-39,44H,6-11,20-28,52H2,1-5H3,(H2,53,62)(H2,54,68)(H,55,69)(H,56,63)(H,57,72)(H,58,70)(H,59,71)(H,64,65)(H,66,67)/t30-,33-,36-,37-,38-,39-,44-/m0/s1. The molecule has 0 unspecified atom stereocenters. The topological polar surface area (TPSA) is 382 Å². The van der Waals surface area contributed by atoms with E-state index in [4.69, 9.17) is 21.9 Å². The van der Waals surface area contributed by atoms with Crippen LogP contribution in [0.4, 0.5) is 0 Å². The summed E-state index contributed by atoms with van der Waals surface area (Å²) in [7, 11) is 1.46. The van der Waals surface area contributed by atoms with Crippen LogP contribution in [0.25, 0.3) is 0 Å². The minimum atomic E-state index is -1.84. The van der Waals surface area contributed by atoms with Gasteiger partial charge in [0.1, 0.15) is 41.7 Å². The second-order valence-electron chi connectivity index (χ2n) is 19.0. The molecule has 0 saturated carbocycles. The Bertz CT molecular complexity index is 2330. The number of primary amides is 2. The summed E-state index contributed by atoms with van der Waals surface area (Å²) in [6.07, 6.45) is -0.0224. The van der Waals surface area contributed by atoms with Crippen molar-refractivity contribution in [3.05, 3.63) is 59.7 Å². The van der Waals surface area contributed by atoms with Crippen molar-refractivity contribution in [1.29, 1.82) is 0 Å². The smallest absolute Gasteiger partial charge is 0.305 e. The maximum absolute atomic E-state index is 14.3. The molecule has 75 heavy (non-hydrogen) atoms. The summed E-state index contributed by atoms with van der Waals surface area (Å²) in [6, 6.07) is 5.02. The number of nitrogens with one attached hydrogen (secondary N) is 5. The predicted molar refractivity (Wildman–Crippen MR) is 272 cm³/mol. The number of aliphatic carboxylic acids is 2. The van der Waals surface area contributed by atoms with Crippen molar-refractivity contribution in [2.45, 2.75) is 141 Å². The molecule has 13 N–H and O–H groups in total. The fraction of sp³-hybridized carbons (Fsp3) is 0.549. The molecule has 0 bridgehead atoms. The highest BCUT2D eigenvalue weighted by Gasteiger charge is 2.41. The maximum Gasteiger partial charge on any atom is 0.305 e. The average molecular weight is 1050 g/mol. The van der Waals surface area contributed by atoms with E-state index in [-0.39, 0.29) is 62.9 Å². The highest BCUT2D eigenvalue weighted by molar-refractivity contribution is 5.98. The second kappa shape index (κ2) is 30.5. The average Bonchev–Trinajstić information content (AvgIpc) is 3.81. The summed E-state index contributed by atoms with van der Waals surface area (Å²) in [5.41, 5.74) is 17.2. The molecule has 2 aromatic rings. The third-order valence-electron chi connectivity index (χ3n) is 12.6. The lowest BCUT2D eigenvalue weighted by molar-refractivity contribution is -0.149. The Kier molecular flexibility index (Phi) is 25.1. The lowest BCUT2D eigenvalue weighted by atomic mass is 9.94. The number of rotatable bonds is 32. The third kappa shape index (κ3) is 20.3. The lowest BCUT2D eigenvalue weighted by Crippen LogP contribution is -2.60. The first-order chi connectivity index (χ1) is 35.4. The molecule has 1 fully saturated rings. The van der Waals surface area contributed by atoms with E-state index in [9.17, 15) is 63.0 Å². The van der Waals surface area contributed by atoms with Crippen molar-refractivity contribution >= 4 is 65.1 Å². The van der Waals surface area contributed by atoms with Crippen molar-refractivity contribution in [1.82, 2.24) is 36.4 Å². The molecule has 1 saturated heterocycles. The first-order valence-electron chi connectivity index (χ1n) is 25.1. The van der Waals surface area contributed by atoms with E-state index in [1.807, 2.05) is 27.7 Å². The molecule has 9 amide bonds. The molecule has 1 aliphatic rings. The summed E-state index contributed by atoms with van der Waals surface area (Å²) in [6.45, 7) is 7.69. The number of carbonyl (C=O) groups is 11. The van der Waals surface area contributed by atoms with Crippen LogP contribution in [0.2, 0.25) is 0 Å². The predicted octanol–water partition coefficient (Wildman–Crippen LogP) is 0.891. The van der Waals surface area contributed by atoms with Crippen LogP contribution in [-0.4, -0.2) is 148 Å². The summed E-state index contributed by atoms with van der Waals surface area (Å²) in [4.78, 5) is 145. The number of nitrogens with zero attached hydrogens (tertiary/aromatic N) is 2. The Balaban J connectivity index is 1.65. The van der Waals surface area contributed by atoms with E-state index < -0.39 is 115 Å². The number of hydrogen-bond acceptors (Lipinski definition) is 13. The van der Waals surface area contributed by atoms with E-state index in [2.05, 4.69) is 26.6 Å². The fourth-order valence-electron chi connectivity index (χ4n) is 8.48. The molecule has 7 atom stereocenters. The molecular formula is C51H74N10O14. The molecule has 2 aromatic carbocycles. The van der Waals surface area contributed by atoms with Crippen molar-refractivity contribution in [3.63, 3.8) is 0 Å². The number of benzene rings is 2. The Labute approximate surface area is 435 Å². The van der Waals surface area contributed by atoms with Gasteiger partial charge in [0, 0.05) is 56.6 Å². The van der Waals surface area contributed by atoms with Crippen LogP contribution >= 0.6 is 0 Å². The Morgan fingerprint density at radius 3 is 1.83 bits per heavy atom. The monoisotopic (exact) mass is 1050 g/mol. The Morgan fingerprint density at radius 2 is 1.29 bits per heavy atom. The second-order valence-corrected chi connectivity index (χ2v) is 19.0. The van der Waals surface area contributed by atoms with E-state index in [0.717, 1.165) is 0 Å². The van der Waals surface area contributed by atoms with Gasteiger partial charge in [0.25, 0.3) is 5.91 Å². The van der Waals surface area contributed by atoms with Crippen LogP contribution in [0.3, 0.4) is 0 Å². The SMILES string of the molecule is CC[C@H](C)[C@@H](C(=O)N1CCC[C@H]1CC(N)=O)N(C)C(=O)[C@H](CC(C)C)NC(=O)[C@H](CCN)NC(=O)[C@H](CC(=O)O)NC(=O)[C@H](CCC(=O)O)NC(=O)CCCCNC(=O)c1ccc(Oc2ccc(C(N)=O)cc2)cc1. The number of unbranched alkanes of at least 4 members (excludes halogenated alkanes) is 1. The van der Waals surface area contributed by atoms with Gasteiger partial charge in [-0.05, 0) is 112 Å². The van der Waals surface area contributed by atoms with Gasteiger partial charge in [-0.2, -0.15) is 0 Å². The van der Waals surface area contributed by atoms with Crippen LogP contribution in [-0.2, 0) is 43.2 Å². The molecule has 24 heteroatoms. The van der Waals surface area contributed by atoms with Gasteiger partial charge in [-0.15, -0.1) is 0 Å². The summed E-state index contributed by atoms with van der Waals surface area (Å²) in [5, 5.41) is 31.7.